The van der Waals surface area contributed by atoms with Crippen molar-refractivity contribution in [3.63, 3.8) is 0 Å². The molecule has 0 aliphatic carbocycles. The van der Waals surface area contributed by atoms with E-state index in [2.05, 4.69) is 41.7 Å². The molecule has 55 heavy (non-hydrogen) atoms. The van der Waals surface area contributed by atoms with Gasteiger partial charge in [0.15, 0.2) is 0 Å². The first-order valence-corrected chi connectivity index (χ1v) is 24.4. The van der Waals surface area contributed by atoms with Gasteiger partial charge in [-0.3, -0.25) is 9.59 Å². The van der Waals surface area contributed by atoms with E-state index in [1.54, 1.807) is 0 Å². The van der Waals surface area contributed by atoms with E-state index in [1.165, 1.54) is 167 Å². The molecule has 0 heterocycles. The maximum Gasteiger partial charge on any atom is 0.305 e. The lowest BCUT2D eigenvalue weighted by Crippen LogP contribution is -2.53. The Kier molecular flexibility index (Phi) is 38.9. The van der Waals surface area contributed by atoms with Crippen LogP contribution in [-0.4, -0.2) is 68.0 Å². The highest BCUT2D eigenvalue weighted by atomic mass is 16.5. The molecule has 3 atom stereocenters. The van der Waals surface area contributed by atoms with E-state index >= 15 is 0 Å². The van der Waals surface area contributed by atoms with Crippen LogP contribution in [0.15, 0.2) is 0 Å². The van der Waals surface area contributed by atoms with Gasteiger partial charge in [0.2, 0.25) is 0 Å². The van der Waals surface area contributed by atoms with E-state index in [1.807, 2.05) is 0 Å². The summed E-state index contributed by atoms with van der Waals surface area (Å²) in [7, 11) is 2.23. The summed E-state index contributed by atoms with van der Waals surface area (Å²) in [6.45, 7) is 14.5. The minimum atomic E-state index is -0.0751. The minimum absolute atomic E-state index is 0.0751. The Labute approximate surface area is 344 Å². The molecule has 0 aliphatic heterocycles. The number of ether oxygens (including phenoxy) is 2. The first-order chi connectivity index (χ1) is 26.7. The number of carbonyl (C=O) groups excluding carboxylic acids is 2. The van der Waals surface area contributed by atoms with Crippen LogP contribution in [0.2, 0.25) is 0 Å². The van der Waals surface area contributed by atoms with Gasteiger partial charge in [-0.05, 0) is 12.8 Å². The summed E-state index contributed by atoms with van der Waals surface area (Å²) >= 11 is 0. The first kappa shape index (κ1) is 53.9. The molecule has 0 saturated heterocycles. The normalized spacial score (nSPS) is 14.4. The van der Waals surface area contributed by atoms with Gasteiger partial charge >= 0.3 is 11.9 Å². The van der Waals surface area contributed by atoms with Crippen LogP contribution in [0.25, 0.3) is 0 Å². The quantitative estimate of drug-likeness (QED) is 0.0379. The van der Waals surface area contributed by atoms with Crippen LogP contribution < -0.4 is 0 Å². The first-order valence-electron chi connectivity index (χ1n) is 24.4. The fourth-order valence-corrected chi connectivity index (χ4v) is 8.54. The molecule has 0 saturated carbocycles. The number of unbranched alkanes of at least 4 members (excludes halogenated alkanes) is 28. The Hall–Kier alpha value is -1.14. The molecule has 0 aromatic heterocycles. The number of nitrogens with zero attached hydrogens (tertiary/aromatic N) is 1. The predicted molar refractivity (Wildman–Crippen MR) is 236 cm³/mol. The van der Waals surface area contributed by atoms with Gasteiger partial charge in [-0.25, -0.2) is 0 Å². The average molecular weight is 781 g/mol. The molecule has 0 aliphatic rings. The maximum absolute atomic E-state index is 12.5. The standard InChI is InChI=1S/C49H98NO5/c1-7-9-11-13-15-17-19-21-23-25-27-29-31-33-35-37-48(52)54-43-46(4)40-50(6,39-45(3)42-51)41-47(5)44-55-49(53)38-36-34-32-30-28-26-24-22-20-18-16-14-12-10-8-2/h45-47,51H,7-44H2,1-6H3/q+1. The van der Waals surface area contributed by atoms with E-state index in [4.69, 9.17) is 9.47 Å². The molecule has 6 nitrogen and oxygen atoms in total. The summed E-state index contributed by atoms with van der Waals surface area (Å²) < 4.78 is 12.2. The van der Waals surface area contributed by atoms with E-state index in [-0.39, 0.29) is 36.3 Å². The number of rotatable bonds is 43. The van der Waals surface area contributed by atoms with Crippen LogP contribution in [0.1, 0.15) is 240 Å². The van der Waals surface area contributed by atoms with Crippen molar-refractivity contribution < 1.29 is 28.7 Å². The van der Waals surface area contributed by atoms with Crippen molar-refractivity contribution in [3.05, 3.63) is 0 Å². The van der Waals surface area contributed by atoms with Crippen molar-refractivity contribution in [2.75, 3.05) is 46.5 Å². The van der Waals surface area contributed by atoms with Crippen LogP contribution in [0.3, 0.4) is 0 Å². The second-order valence-corrected chi connectivity index (χ2v) is 18.4. The number of hydrogen-bond donors (Lipinski definition) is 1. The molecular weight excluding hydrogens is 683 g/mol. The fraction of sp³-hybridized carbons (Fsp3) is 0.959. The summed E-state index contributed by atoms with van der Waals surface area (Å²) in [6.07, 6.45) is 40.6. The van der Waals surface area contributed by atoms with Gasteiger partial charge in [0.05, 0.1) is 46.5 Å². The molecule has 3 unspecified atom stereocenters. The Bertz CT molecular complexity index is 776. The molecule has 0 aromatic rings. The fourth-order valence-electron chi connectivity index (χ4n) is 8.54. The zero-order valence-corrected chi connectivity index (χ0v) is 38.1. The summed E-state index contributed by atoms with van der Waals surface area (Å²) in [6, 6.07) is 0. The van der Waals surface area contributed by atoms with E-state index in [0.29, 0.717) is 26.1 Å². The molecule has 0 aromatic carbocycles. The molecule has 1 N–H and O–H groups in total. The van der Waals surface area contributed by atoms with Crippen LogP contribution in [0.5, 0.6) is 0 Å². The van der Waals surface area contributed by atoms with Gasteiger partial charge in [0.1, 0.15) is 0 Å². The minimum Gasteiger partial charge on any atom is -0.465 e. The summed E-state index contributed by atoms with van der Waals surface area (Å²) in [5, 5.41) is 9.83. The SMILES string of the molecule is CCCCCCCCCCCCCCCCCC(=O)OCC(C)C[N+](C)(CC(C)CO)CC(C)COC(=O)CCCCCCCCCCCCCCCCC. The molecule has 6 heteroatoms. The lowest BCUT2D eigenvalue weighted by molar-refractivity contribution is -0.918. The van der Waals surface area contributed by atoms with Gasteiger partial charge in [-0.2, -0.15) is 0 Å². The van der Waals surface area contributed by atoms with Crippen LogP contribution in [-0.2, 0) is 19.1 Å². The number of carbonyl (C=O) groups is 2. The van der Waals surface area contributed by atoms with Crippen LogP contribution in [0.4, 0.5) is 0 Å². The molecule has 0 bridgehead atoms. The molecular formula is C49H98NO5+. The number of esters is 2. The van der Waals surface area contributed by atoms with E-state index in [9.17, 15) is 14.7 Å². The molecule has 0 spiro atoms. The second kappa shape index (κ2) is 39.7. The summed E-state index contributed by atoms with van der Waals surface area (Å²) in [4.78, 5) is 25.0. The smallest absolute Gasteiger partial charge is 0.305 e. The maximum atomic E-state index is 12.5. The molecule has 0 radical (unpaired) electrons. The third-order valence-electron chi connectivity index (χ3n) is 11.6. The topological polar surface area (TPSA) is 72.8 Å². The Morgan fingerprint density at radius 3 is 0.909 bits per heavy atom. The van der Waals surface area contributed by atoms with E-state index < -0.39 is 0 Å². The Morgan fingerprint density at radius 1 is 0.418 bits per heavy atom. The average Bonchev–Trinajstić information content (AvgIpc) is 3.16. The Balaban J connectivity index is 4.07. The number of hydrogen-bond acceptors (Lipinski definition) is 5. The van der Waals surface area contributed by atoms with Crippen molar-refractivity contribution in [1.82, 2.24) is 0 Å². The lowest BCUT2D eigenvalue weighted by Gasteiger charge is -2.40. The highest BCUT2D eigenvalue weighted by Crippen LogP contribution is 2.19. The predicted octanol–water partition coefficient (Wildman–Crippen LogP) is 13.9. The Morgan fingerprint density at radius 2 is 0.655 bits per heavy atom. The van der Waals surface area contributed by atoms with Gasteiger partial charge in [0, 0.05) is 30.6 Å². The zero-order chi connectivity index (χ0) is 40.7. The highest BCUT2D eigenvalue weighted by Gasteiger charge is 2.30. The molecule has 0 rings (SSSR count). The van der Waals surface area contributed by atoms with Gasteiger partial charge in [-0.15, -0.1) is 0 Å². The van der Waals surface area contributed by atoms with E-state index in [0.717, 1.165) is 49.8 Å². The number of aliphatic hydroxyl groups is 1. The van der Waals surface area contributed by atoms with Gasteiger partial charge < -0.3 is 19.1 Å². The van der Waals surface area contributed by atoms with Crippen molar-refractivity contribution >= 4 is 11.9 Å². The van der Waals surface area contributed by atoms with Gasteiger partial charge in [0.25, 0.3) is 0 Å². The number of quaternary nitrogens is 1. The van der Waals surface area contributed by atoms with Gasteiger partial charge in [-0.1, -0.05) is 214 Å². The highest BCUT2D eigenvalue weighted by molar-refractivity contribution is 5.69. The van der Waals surface area contributed by atoms with Crippen LogP contribution in [0, 0.1) is 17.8 Å². The lowest BCUT2D eigenvalue weighted by atomic mass is 10.0. The molecule has 0 amide bonds. The van der Waals surface area contributed by atoms with Crippen molar-refractivity contribution in [2.24, 2.45) is 17.8 Å². The molecule has 328 valence electrons. The third-order valence-corrected chi connectivity index (χ3v) is 11.6. The third kappa shape index (κ3) is 38.2. The van der Waals surface area contributed by atoms with Crippen molar-refractivity contribution in [3.8, 4) is 0 Å². The largest absolute Gasteiger partial charge is 0.465 e. The van der Waals surface area contributed by atoms with Crippen molar-refractivity contribution in [2.45, 2.75) is 240 Å². The second-order valence-electron chi connectivity index (χ2n) is 18.4. The monoisotopic (exact) mass is 781 g/mol. The molecule has 0 fully saturated rings. The summed E-state index contributed by atoms with van der Waals surface area (Å²) in [5.74, 6) is 0.439. The summed E-state index contributed by atoms with van der Waals surface area (Å²) in [5.41, 5.74) is 0. The number of aliphatic hydroxyl groups excluding tert-OH is 1. The van der Waals surface area contributed by atoms with Crippen LogP contribution >= 0.6 is 0 Å². The zero-order valence-electron chi connectivity index (χ0n) is 38.1. The van der Waals surface area contributed by atoms with Crippen molar-refractivity contribution in [1.29, 1.82) is 0 Å².